The molecular weight excluding hydrogens is 532 g/mol. The van der Waals surface area contributed by atoms with E-state index in [0.29, 0.717) is -0.565 Å². The minimum Gasteiger partial charge on any atom is -0.0782 e. The Morgan fingerprint density at radius 2 is 1.33 bits per heavy atom. The van der Waals surface area contributed by atoms with Gasteiger partial charge in [-0.25, -0.2) is 0 Å². The van der Waals surface area contributed by atoms with Gasteiger partial charge in [0.05, 0.1) is 4.43 Å². The number of rotatable bonds is 1. The number of alkyl halides is 3. The van der Waals surface area contributed by atoms with Crippen LogP contribution in [-0.4, -0.2) is -0.565 Å². The quantitative estimate of drug-likeness (QED) is 0.358. The van der Waals surface area contributed by atoms with Crippen LogP contribution < -0.4 is 0 Å². The van der Waals surface area contributed by atoms with Crippen molar-refractivity contribution in [2.24, 2.45) is 0 Å². The molecule has 0 fully saturated rings. The van der Waals surface area contributed by atoms with Crippen molar-refractivity contribution in [3.63, 3.8) is 0 Å². The first kappa shape index (κ1) is 8.92. The predicted octanol–water partition coefficient (Wildman–Crippen LogP) is 3.54. The normalized spacial score (nSPS) is 12.0. The molecule has 0 aliphatic heterocycles. The lowest BCUT2D eigenvalue weighted by atomic mass is 11.0. The second-order valence-electron chi connectivity index (χ2n) is 0.651. The lowest BCUT2D eigenvalue weighted by Crippen LogP contribution is -1.90. The Balaban J connectivity index is 3.17. The van der Waals surface area contributed by atoms with Gasteiger partial charge in [-0.15, -0.1) is 0 Å². The smallest absolute Gasteiger partial charge is 0.0782 e. The molecule has 0 aromatic rings. The molecule has 0 amide bonds. The molecule has 0 nitrogen and oxygen atoms in total. The number of hydrogen-bond acceptors (Lipinski definition) is 0. The fourth-order valence-corrected chi connectivity index (χ4v) is 0. The summed E-state index contributed by atoms with van der Waals surface area (Å²) in [5, 5.41) is 0. The van der Waals surface area contributed by atoms with Gasteiger partial charge in [0.1, 0.15) is -0.565 Å². The second kappa shape index (κ2) is 3.85. The largest absolute Gasteiger partial charge is 0.137 e. The Kier molecular flexibility index (Phi) is 5.73. The summed E-state index contributed by atoms with van der Waals surface area (Å²) < 4.78 is 2.43. The molecule has 0 rings (SSSR count). The van der Waals surface area contributed by atoms with Crippen molar-refractivity contribution in [1.29, 1.82) is 0 Å². The van der Waals surface area contributed by atoms with E-state index in [1.54, 1.807) is 0 Å². The minimum atomic E-state index is 0.313. The maximum absolute atomic E-state index is 2.35. The van der Waals surface area contributed by atoms with Crippen molar-refractivity contribution < 1.29 is 0 Å². The standard InChI is InChI=1S/C2HI4/c3-1-2(4,5)6/h1H. The molecule has 0 unspecified atom stereocenters. The molecule has 0 aromatic heterocycles. The molecule has 0 atom stereocenters. The highest BCUT2D eigenvalue weighted by molar-refractivity contribution is 14.3. The molecule has 0 heterocycles. The SMILES string of the molecule is I[CH]C(I)(I)I. The molecule has 6 heavy (non-hydrogen) atoms. The van der Waals surface area contributed by atoms with Crippen molar-refractivity contribution >= 4 is 90.4 Å². The summed E-state index contributed by atoms with van der Waals surface area (Å²) in [6, 6.07) is 0. The zero-order valence-electron chi connectivity index (χ0n) is 2.59. The van der Waals surface area contributed by atoms with Crippen molar-refractivity contribution in [1.82, 2.24) is 0 Å². The van der Waals surface area contributed by atoms with E-state index in [-0.39, 0.29) is 0 Å². The Morgan fingerprint density at radius 1 is 1.17 bits per heavy atom. The third-order valence-electron chi connectivity index (χ3n) is 0.124. The van der Waals surface area contributed by atoms with E-state index in [9.17, 15) is 0 Å². The maximum Gasteiger partial charge on any atom is 0.137 e. The topological polar surface area (TPSA) is 0 Å². The first-order chi connectivity index (χ1) is 2.56. The Labute approximate surface area is 92.2 Å². The van der Waals surface area contributed by atoms with E-state index in [1.807, 2.05) is 0 Å². The van der Waals surface area contributed by atoms with Crippen LogP contribution in [0.2, 0.25) is 0 Å². The van der Waals surface area contributed by atoms with Crippen LogP contribution in [0.1, 0.15) is 0 Å². The lowest BCUT2D eigenvalue weighted by Gasteiger charge is -2.02. The average Bonchev–Trinajstić information content (AvgIpc) is 1.35. The minimum absolute atomic E-state index is 0.313. The molecule has 37 valence electrons. The molecule has 0 bridgehead atoms. The fourth-order valence-electron chi connectivity index (χ4n) is 0. The Morgan fingerprint density at radius 3 is 1.33 bits per heavy atom. The van der Waals surface area contributed by atoms with Gasteiger partial charge in [0, 0.05) is 0 Å². The van der Waals surface area contributed by atoms with Crippen molar-refractivity contribution in [3.8, 4) is 0 Å². The van der Waals surface area contributed by atoms with Crippen molar-refractivity contribution in [2.45, 2.75) is -0.565 Å². The molecular formula is C2HI4. The third kappa shape index (κ3) is 6.92. The lowest BCUT2D eigenvalue weighted by molar-refractivity contribution is 1.77. The molecule has 0 aromatic carbocycles. The summed E-state index contributed by atoms with van der Waals surface area (Å²) in [7, 11) is 0. The van der Waals surface area contributed by atoms with Gasteiger partial charge >= 0.3 is 0 Å². The van der Waals surface area contributed by atoms with E-state index < -0.39 is 0 Å². The molecule has 0 N–H and O–H groups in total. The number of halogens is 4. The Bertz CT molecular complexity index is 35.3. The average molecular weight is 533 g/mol. The van der Waals surface area contributed by atoms with E-state index >= 15 is 0 Å². The predicted molar refractivity (Wildman–Crippen MR) is 63.1 cm³/mol. The van der Waals surface area contributed by atoms with Crippen LogP contribution in [0.25, 0.3) is 0 Å². The monoisotopic (exact) mass is 533 g/mol. The summed E-state index contributed by atoms with van der Waals surface area (Å²) in [6.07, 6.45) is 0. The van der Waals surface area contributed by atoms with Gasteiger partial charge < -0.3 is 0 Å². The molecule has 0 spiro atoms. The van der Waals surface area contributed by atoms with Crippen LogP contribution in [0.3, 0.4) is 0 Å². The summed E-state index contributed by atoms with van der Waals surface area (Å²) in [5.41, 5.74) is 0. The van der Waals surface area contributed by atoms with E-state index in [0.717, 1.165) is 0 Å². The highest BCUT2D eigenvalue weighted by Crippen LogP contribution is 2.40. The van der Waals surface area contributed by atoms with Crippen LogP contribution in [-0.2, 0) is 0 Å². The Hall–Kier alpha value is 2.92. The first-order valence-corrected chi connectivity index (χ1v) is 5.56. The highest BCUT2D eigenvalue weighted by atomic mass is 127. The van der Waals surface area contributed by atoms with Crippen molar-refractivity contribution in [3.05, 3.63) is 4.43 Å². The number of hydrogen-bond donors (Lipinski definition) is 0. The van der Waals surface area contributed by atoms with E-state index in [4.69, 9.17) is 0 Å². The highest BCUT2D eigenvalue weighted by Gasteiger charge is 2.13. The molecule has 0 aliphatic rings. The molecule has 4 heteroatoms. The fraction of sp³-hybridized carbons (Fsp3) is 0.500. The van der Waals surface area contributed by atoms with E-state index in [2.05, 4.69) is 94.8 Å². The van der Waals surface area contributed by atoms with E-state index in [1.165, 1.54) is 0 Å². The van der Waals surface area contributed by atoms with Crippen LogP contribution in [0.15, 0.2) is 0 Å². The second-order valence-corrected chi connectivity index (χ2v) is 12.6. The van der Waals surface area contributed by atoms with Gasteiger partial charge in [0.25, 0.3) is 0 Å². The van der Waals surface area contributed by atoms with Gasteiger partial charge in [-0.05, 0) is 0 Å². The van der Waals surface area contributed by atoms with Gasteiger partial charge in [0.15, 0.2) is 0 Å². The summed E-state index contributed by atoms with van der Waals surface area (Å²) in [6.45, 7) is 0. The van der Waals surface area contributed by atoms with Gasteiger partial charge in [-0.3, -0.25) is 0 Å². The summed E-state index contributed by atoms with van der Waals surface area (Å²) >= 11 is 9.30. The van der Waals surface area contributed by atoms with Crippen LogP contribution in [0.4, 0.5) is 0 Å². The van der Waals surface area contributed by atoms with Gasteiger partial charge in [-0.2, -0.15) is 0 Å². The zero-order valence-corrected chi connectivity index (χ0v) is 11.2. The third-order valence-corrected chi connectivity index (χ3v) is 5.57. The molecule has 1 radical (unpaired) electrons. The first-order valence-electron chi connectivity index (χ1n) is 1.07. The zero-order chi connectivity index (χ0) is 5.21. The molecule has 0 saturated heterocycles. The van der Waals surface area contributed by atoms with Gasteiger partial charge in [-0.1, -0.05) is 90.4 Å². The van der Waals surface area contributed by atoms with Crippen LogP contribution in [0.5, 0.6) is 0 Å². The van der Waals surface area contributed by atoms with Crippen LogP contribution in [0, 0.1) is 4.43 Å². The summed E-state index contributed by atoms with van der Waals surface area (Å²) in [4.78, 5) is 0. The molecule has 0 aliphatic carbocycles. The molecule has 0 saturated carbocycles. The van der Waals surface area contributed by atoms with Crippen molar-refractivity contribution in [2.75, 3.05) is 0 Å². The maximum atomic E-state index is 2.35. The summed E-state index contributed by atoms with van der Waals surface area (Å²) in [5.74, 6) is 0. The van der Waals surface area contributed by atoms with Gasteiger partial charge in [0.2, 0.25) is 0 Å². The van der Waals surface area contributed by atoms with Crippen LogP contribution >= 0.6 is 90.4 Å².